The van der Waals surface area contributed by atoms with E-state index in [2.05, 4.69) is 81.5 Å². The lowest BCUT2D eigenvalue weighted by atomic mass is 10.0. The first kappa shape index (κ1) is 75.2. The average Bonchev–Trinajstić information content (AvgIpc) is 3.43. The fourth-order valence-electron chi connectivity index (χ4n) is 9.05. The van der Waals surface area contributed by atoms with Crippen LogP contribution in [0.4, 0.5) is 0 Å². The van der Waals surface area contributed by atoms with E-state index in [9.17, 15) is 28.9 Å². The van der Waals surface area contributed by atoms with Gasteiger partial charge < -0.3 is 24.2 Å². The molecule has 0 rings (SSSR count). The highest BCUT2D eigenvalue weighted by Gasteiger charge is 2.28. The zero-order chi connectivity index (χ0) is 56.9. The minimum absolute atomic E-state index is 0.153. The maximum Gasteiger partial charge on any atom is 0.472 e. The molecule has 0 spiro atoms. The Bertz CT molecular complexity index is 1540. The molecule has 0 aromatic carbocycles. The van der Waals surface area contributed by atoms with Crippen LogP contribution in [-0.4, -0.2) is 66.5 Å². The van der Waals surface area contributed by atoms with Crippen LogP contribution < -0.4 is 0 Å². The van der Waals surface area contributed by atoms with Crippen LogP contribution in [0.1, 0.15) is 303 Å². The quantitative estimate of drug-likeness (QED) is 0.0197. The summed E-state index contributed by atoms with van der Waals surface area (Å²) in [5.41, 5.74) is 0. The Hall–Kier alpha value is -2.82. The minimum Gasteiger partial charge on any atom is -0.462 e. The smallest absolute Gasteiger partial charge is 0.462 e. The topological polar surface area (TPSA) is 155 Å². The number of hydrogen-bond acceptors (Lipinski definition) is 10. The molecule has 0 aliphatic carbocycles. The Morgan fingerprint density at radius 1 is 0.372 bits per heavy atom. The van der Waals surface area contributed by atoms with Crippen molar-refractivity contribution in [2.75, 3.05) is 26.4 Å². The summed E-state index contributed by atoms with van der Waals surface area (Å²) in [5, 5.41) is 9.86. The van der Waals surface area contributed by atoms with Gasteiger partial charge in [-0.2, -0.15) is 0 Å². The van der Waals surface area contributed by atoms with Crippen molar-refractivity contribution in [2.24, 2.45) is 0 Å². The van der Waals surface area contributed by atoms with Crippen LogP contribution >= 0.6 is 7.82 Å². The number of aliphatic hydroxyl groups excluding tert-OH is 1. The van der Waals surface area contributed by atoms with Crippen LogP contribution in [0, 0.1) is 0 Å². The predicted molar refractivity (Wildman–Crippen MR) is 325 cm³/mol. The predicted octanol–water partition coefficient (Wildman–Crippen LogP) is 19.5. The fourth-order valence-corrected chi connectivity index (χ4v) is 9.83. The van der Waals surface area contributed by atoms with E-state index in [0.29, 0.717) is 19.3 Å². The van der Waals surface area contributed by atoms with E-state index in [4.69, 9.17) is 23.3 Å². The first-order valence-corrected chi connectivity index (χ1v) is 33.7. The van der Waals surface area contributed by atoms with Crippen LogP contribution in [0.25, 0.3) is 0 Å². The molecule has 0 aromatic heterocycles. The molecule has 12 heteroatoms. The van der Waals surface area contributed by atoms with Crippen molar-refractivity contribution in [3.05, 3.63) is 60.8 Å². The number of phosphoric ester groups is 1. The zero-order valence-electron chi connectivity index (χ0n) is 50.4. The third kappa shape index (κ3) is 57.9. The molecule has 78 heavy (non-hydrogen) atoms. The molecule has 0 aliphatic rings. The van der Waals surface area contributed by atoms with E-state index in [0.717, 1.165) is 103 Å². The fraction of sp³-hybridized carbons (Fsp3) is 0.803. The third-order valence-corrected chi connectivity index (χ3v) is 14.9. The molecule has 0 aromatic rings. The number of rotatable bonds is 60. The molecule has 0 saturated carbocycles. The van der Waals surface area contributed by atoms with Crippen LogP contribution in [0.5, 0.6) is 0 Å². The number of unbranched alkanes of at least 4 members (excludes halogenated alkanes) is 33. The summed E-state index contributed by atoms with van der Waals surface area (Å²) in [4.78, 5) is 48.7. The number of carbonyl (C=O) groups is 3. The lowest BCUT2D eigenvalue weighted by Gasteiger charge is -2.21. The normalized spacial score (nSPS) is 13.7. The Morgan fingerprint density at radius 2 is 0.667 bits per heavy atom. The Morgan fingerprint density at radius 3 is 1.04 bits per heavy atom. The molecule has 2 N–H and O–H groups in total. The van der Waals surface area contributed by atoms with Crippen molar-refractivity contribution in [2.45, 2.75) is 315 Å². The Labute approximate surface area is 478 Å². The summed E-state index contributed by atoms with van der Waals surface area (Å²) in [5.74, 6) is -1.47. The summed E-state index contributed by atoms with van der Waals surface area (Å²) < 4.78 is 39.7. The molecule has 11 nitrogen and oxygen atoms in total. The number of aliphatic hydroxyl groups is 1. The van der Waals surface area contributed by atoms with Gasteiger partial charge in [0.15, 0.2) is 6.10 Å². The molecule has 454 valence electrons. The van der Waals surface area contributed by atoms with Crippen molar-refractivity contribution < 1.29 is 52.2 Å². The molecule has 0 saturated heterocycles. The van der Waals surface area contributed by atoms with Gasteiger partial charge in [0.05, 0.1) is 19.8 Å². The molecular formula is C66H119O11P. The van der Waals surface area contributed by atoms with Gasteiger partial charge in [0.2, 0.25) is 0 Å². The van der Waals surface area contributed by atoms with Crippen molar-refractivity contribution in [1.82, 2.24) is 0 Å². The summed E-state index contributed by atoms with van der Waals surface area (Å²) in [7, 11) is -4.76. The van der Waals surface area contributed by atoms with Gasteiger partial charge in [-0.1, -0.05) is 261 Å². The van der Waals surface area contributed by atoms with E-state index in [1.807, 2.05) is 0 Å². The largest absolute Gasteiger partial charge is 0.472 e. The summed E-state index contributed by atoms with van der Waals surface area (Å²) in [6.07, 6.45) is 67.4. The maximum atomic E-state index is 12.9. The second kappa shape index (κ2) is 60.3. The third-order valence-electron chi connectivity index (χ3n) is 13.9. The molecular weight excluding hydrogens is 1000 g/mol. The molecule has 3 unspecified atom stereocenters. The van der Waals surface area contributed by atoms with Crippen LogP contribution in [-0.2, 0) is 42.2 Å². The number of hydrogen-bond donors (Lipinski definition) is 2. The molecule has 0 amide bonds. The molecule has 3 atom stereocenters. The van der Waals surface area contributed by atoms with Crippen LogP contribution in [0.2, 0.25) is 0 Å². The van der Waals surface area contributed by atoms with Gasteiger partial charge in [-0.3, -0.25) is 23.4 Å². The van der Waals surface area contributed by atoms with Gasteiger partial charge in [-0.05, 0) is 83.5 Å². The van der Waals surface area contributed by atoms with Gasteiger partial charge in [-0.25, -0.2) is 4.57 Å². The first-order valence-electron chi connectivity index (χ1n) is 32.2. The molecule has 0 aliphatic heterocycles. The molecule has 0 bridgehead atoms. The van der Waals surface area contributed by atoms with E-state index in [1.165, 1.54) is 141 Å². The molecule has 0 fully saturated rings. The van der Waals surface area contributed by atoms with Gasteiger partial charge in [0, 0.05) is 19.3 Å². The average molecular weight is 1120 g/mol. The van der Waals surface area contributed by atoms with Gasteiger partial charge in [0.25, 0.3) is 0 Å². The van der Waals surface area contributed by atoms with Crippen molar-refractivity contribution in [1.29, 1.82) is 0 Å². The Balaban J connectivity index is 4.65. The van der Waals surface area contributed by atoms with E-state index in [-0.39, 0.29) is 25.9 Å². The standard InChI is InChI=1S/C66H119O11P/c1-4-7-10-13-16-19-22-25-27-29-31-33-35-38-41-44-47-50-53-56-65(69)76-62(58-67)60-74-78(71,72)75-61-63(59-73-64(68)55-52-49-46-43-40-37-24-21-18-15-12-9-6-3)77-66(70)57-54-51-48-45-42-39-36-34-32-30-28-26-23-20-17-14-11-8-5-2/h8,11,17,20,25-28,32,34,62-63,67H,4-7,9-10,12-16,18-19,21-24,29-31,33,35-61H2,1-3H3,(H,71,72)/b11-8-,20-17-,27-25-,28-26-,34-32-. The monoisotopic (exact) mass is 1120 g/mol. The van der Waals surface area contributed by atoms with E-state index >= 15 is 0 Å². The number of allylic oxidation sites excluding steroid dienone is 10. The van der Waals surface area contributed by atoms with E-state index in [1.54, 1.807) is 0 Å². The highest BCUT2D eigenvalue weighted by atomic mass is 31.2. The summed E-state index contributed by atoms with van der Waals surface area (Å²) in [6, 6.07) is 0. The second-order valence-electron chi connectivity index (χ2n) is 21.6. The van der Waals surface area contributed by atoms with Gasteiger partial charge in [0.1, 0.15) is 12.7 Å². The molecule has 0 radical (unpaired) electrons. The van der Waals surface area contributed by atoms with Crippen molar-refractivity contribution >= 4 is 25.7 Å². The van der Waals surface area contributed by atoms with Gasteiger partial charge in [-0.15, -0.1) is 0 Å². The lowest BCUT2D eigenvalue weighted by molar-refractivity contribution is -0.161. The number of carbonyl (C=O) groups excluding carboxylic acids is 3. The van der Waals surface area contributed by atoms with Crippen molar-refractivity contribution in [3.8, 4) is 0 Å². The highest BCUT2D eigenvalue weighted by Crippen LogP contribution is 2.43. The summed E-state index contributed by atoms with van der Waals surface area (Å²) >= 11 is 0. The first-order chi connectivity index (χ1) is 38.2. The SMILES string of the molecule is CC/C=C\C/C=C\C/C=C\C/C=C\CCCCCCCCC(=O)OC(COC(=O)CCCCCCCCCCCCCCC)COP(=O)(O)OCC(CO)OC(=O)CCCCCCCCCCC/C=C\CCCCCCCC. The second-order valence-corrected chi connectivity index (χ2v) is 23.0. The number of ether oxygens (including phenoxy) is 3. The van der Waals surface area contributed by atoms with Crippen molar-refractivity contribution in [3.63, 3.8) is 0 Å². The van der Waals surface area contributed by atoms with Crippen LogP contribution in [0.15, 0.2) is 60.8 Å². The lowest BCUT2D eigenvalue weighted by Crippen LogP contribution is -2.30. The van der Waals surface area contributed by atoms with Crippen LogP contribution in [0.3, 0.4) is 0 Å². The van der Waals surface area contributed by atoms with E-state index < -0.39 is 57.8 Å². The maximum absolute atomic E-state index is 12.9. The number of phosphoric acid groups is 1. The summed E-state index contributed by atoms with van der Waals surface area (Å²) in [6.45, 7) is 4.56. The zero-order valence-corrected chi connectivity index (χ0v) is 51.3. The highest BCUT2D eigenvalue weighted by molar-refractivity contribution is 7.47. The number of esters is 3. The Kier molecular flexibility index (Phi) is 58.1. The van der Waals surface area contributed by atoms with Gasteiger partial charge >= 0.3 is 25.7 Å². The minimum atomic E-state index is -4.76. The molecule has 0 heterocycles.